The minimum atomic E-state index is -2.89. The molecule has 1 aromatic rings. The molecule has 1 N–H and O–H groups in total. The highest BCUT2D eigenvalue weighted by Crippen LogP contribution is 2.11. The first-order chi connectivity index (χ1) is 8.92. The van der Waals surface area contributed by atoms with Crippen LogP contribution in [0, 0.1) is 0 Å². The Morgan fingerprint density at radius 1 is 1.21 bits per heavy atom. The van der Waals surface area contributed by atoms with Gasteiger partial charge in [0.05, 0.1) is 5.75 Å². The molecule has 0 fully saturated rings. The maximum Gasteiger partial charge on any atom is 0.148 e. The van der Waals surface area contributed by atoms with Crippen LogP contribution < -0.4 is 5.32 Å². The van der Waals surface area contributed by atoms with Crippen molar-refractivity contribution < 1.29 is 8.42 Å². The lowest BCUT2D eigenvalue weighted by Gasteiger charge is -2.18. The average Bonchev–Trinajstić information content (AvgIpc) is 2.34. The lowest BCUT2D eigenvalue weighted by atomic mass is 10.1. The van der Waals surface area contributed by atoms with Crippen LogP contribution in [0.1, 0.15) is 18.1 Å². The standard InChI is InChI=1S/C14H24N2O2S/c1-4-15-11-13-7-5-6-8-14(13)12-16(2)9-10-19(3,17)18/h5-8,15H,4,9-12H2,1-3H3. The largest absolute Gasteiger partial charge is 0.313 e. The first kappa shape index (κ1) is 16.1. The fourth-order valence-electron chi connectivity index (χ4n) is 1.84. The van der Waals surface area contributed by atoms with Gasteiger partial charge in [0.25, 0.3) is 0 Å². The second kappa shape index (κ2) is 7.62. The van der Waals surface area contributed by atoms with Gasteiger partial charge in [0.1, 0.15) is 9.84 Å². The second-order valence-electron chi connectivity index (χ2n) is 4.92. The third kappa shape index (κ3) is 6.71. The van der Waals surface area contributed by atoms with E-state index in [0.29, 0.717) is 6.54 Å². The molecule has 0 bridgehead atoms. The zero-order valence-electron chi connectivity index (χ0n) is 12.0. The van der Waals surface area contributed by atoms with E-state index in [1.54, 1.807) is 0 Å². The van der Waals surface area contributed by atoms with Crippen LogP contribution in [-0.2, 0) is 22.9 Å². The van der Waals surface area contributed by atoms with Gasteiger partial charge in [0, 0.05) is 25.9 Å². The molecule has 0 atom stereocenters. The highest BCUT2D eigenvalue weighted by molar-refractivity contribution is 7.90. The molecule has 0 aliphatic heterocycles. The molecular formula is C14H24N2O2S. The molecule has 0 aliphatic carbocycles. The Balaban J connectivity index is 2.60. The highest BCUT2D eigenvalue weighted by atomic mass is 32.2. The highest BCUT2D eigenvalue weighted by Gasteiger charge is 2.08. The van der Waals surface area contributed by atoms with Crippen molar-refractivity contribution >= 4 is 9.84 Å². The van der Waals surface area contributed by atoms with Crippen LogP contribution in [0.5, 0.6) is 0 Å². The summed E-state index contributed by atoms with van der Waals surface area (Å²) in [5, 5.41) is 3.32. The Morgan fingerprint density at radius 2 is 1.84 bits per heavy atom. The monoisotopic (exact) mass is 284 g/mol. The minimum absolute atomic E-state index is 0.207. The lowest BCUT2D eigenvalue weighted by molar-refractivity contribution is 0.345. The number of hydrogen-bond donors (Lipinski definition) is 1. The van der Waals surface area contributed by atoms with Gasteiger partial charge in [0.15, 0.2) is 0 Å². The van der Waals surface area contributed by atoms with E-state index in [1.807, 2.05) is 24.1 Å². The van der Waals surface area contributed by atoms with Crippen molar-refractivity contribution in [1.29, 1.82) is 0 Å². The van der Waals surface area contributed by atoms with Crippen molar-refractivity contribution in [3.05, 3.63) is 35.4 Å². The van der Waals surface area contributed by atoms with Gasteiger partial charge < -0.3 is 10.2 Å². The van der Waals surface area contributed by atoms with Crippen molar-refractivity contribution in [2.24, 2.45) is 0 Å². The van der Waals surface area contributed by atoms with Crippen LogP contribution >= 0.6 is 0 Å². The predicted molar refractivity (Wildman–Crippen MR) is 79.9 cm³/mol. The number of sulfone groups is 1. The van der Waals surface area contributed by atoms with Crippen LogP contribution in [0.15, 0.2) is 24.3 Å². The molecule has 5 heteroatoms. The smallest absolute Gasteiger partial charge is 0.148 e. The molecule has 0 amide bonds. The van der Waals surface area contributed by atoms with Gasteiger partial charge in [-0.1, -0.05) is 31.2 Å². The van der Waals surface area contributed by atoms with Crippen LogP contribution in [0.3, 0.4) is 0 Å². The second-order valence-corrected chi connectivity index (χ2v) is 7.18. The number of rotatable bonds is 8. The maximum atomic E-state index is 11.2. The average molecular weight is 284 g/mol. The van der Waals surface area contributed by atoms with Crippen molar-refractivity contribution in [2.75, 3.05) is 32.1 Å². The Hall–Kier alpha value is -0.910. The zero-order valence-corrected chi connectivity index (χ0v) is 12.8. The molecule has 0 saturated carbocycles. The quantitative estimate of drug-likeness (QED) is 0.781. The summed E-state index contributed by atoms with van der Waals surface area (Å²) in [5.74, 6) is 0.207. The molecule has 1 aromatic carbocycles. The van der Waals surface area contributed by atoms with Crippen LogP contribution in [0.4, 0.5) is 0 Å². The van der Waals surface area contributed by atoms with Gasteiger partial charge in [-0.3, -0.25) is 0 Å². The number of nitrogens with zero attached hydrogens (tertiary/aromatic N) is 1. The molecule has 19 heavy (non-hydrogen) atoms. The first-order valence-electron chi connectivity index (χ1n) is 6.56. The lowest BCUT2D eigenvalue weighted by Crippen LogP contribution is -2.25. The predicted octanol–water partition coefficient (Wildman–Crippen LogP) is 1.27. The van der Waals surface area contributed by atoms with Crippen LogP contribution in [0.25, 0.3) is 0 Å². The topological polar surface area (TPSA) is 49.4 Å². The summed E-state index contributed by atoms with van der Waals surface area (Å²) in [6.07, 6.45) is 1.28. The molecule has 0 aromatic heterocycles. The normalized spacial score (nSPS) is 12.0. The molecule has 0 unspecified atom stereocenters. The van der Waals surface area contributed by atoms with Gasteiger partial charge in [-0.15, -0.1) is 0 Å². The Labute approximate surface area is 116 Å². The molecule has 1 rings (SSSR count). The minimum Gasteiger partial charge on any atom is -0.313 e. The van der Waals surface area contributed by atoms with Gasteiger partial charge in [-0.2, -0.15) is 0 Å². The third-order valence-corrected chi connectivity index (χ3v) is 3.89. The number of nitrogens with one attached hydrogen (secondary N) is 1. The summed E-state index contributed by atoms with van der Waals surface area (Å²) in [4.78, 5) is 2.05. The fourth-order valence-corrected chi connectivity index (χ4v) is 2.48. The van der Waals surface area contributed by atoms with E-state index in [0.717, 1.165) is 19.6 Å². The summed E-state index contributed by atoms with van der Waals surface area (Å²) < 4.78 is 22.3. The Bertz CT molecular complexity index is 486. The molecular weight excluding hydrogens is 260 g/mol. The summed E-state index contributed by atoms with van der Waals surface area (Å²) in [5.41, 5.74) is 2.52. The van der Waals surface area contributed by atoms with Gasteiger partial charge >= 0.3 is 0 Å². The van der Waals surface area contributed by atoms with Crippen LogP contribution in [-0.4, -0.2) is 45.5 Å². The van der Waals surface area contributed by atoms with E-state index in [4.69, 9.17) is 0 Å². The fraction of sp³-hybridized carbons (Fsp3) is 0.571. The van der Waals surface area contributed by atoms with Crippen molar-refractivity contribution in [1.82, 2.24) is 10.2 Å². The Morgan fingerprint density at radius 3 is 2.42 bits per heavy atom. The molecule has 0 spiro atoms. The molecule has 0 aliphatic rings. The zero-order chi connectivity index (χ0) is 14.3. The first-order valence-corrected chi connectivity index (χ1v) is 8.62. The molecule has 108 valence electrons. The van der Waals surface area contributed by atoms with Crippen LogP contribution in [0.2, 0.25) is 0 Å². The molecule has 0 saturated heterocycles. The van der Waals surface area contributed by atoms with Crippen molar-refractivity contribution in [2.45, 2.75) is 20.0 Å². The third-order valence-electron chi connectivity index (χ3n) is 2.97. The van der Waals surface area contributed by atoms with Gasteiger partial charge in [0.2, 0.25) is 0 Å². The van der Waals surface area contributed by atoms with E-state index >= 15 is 0 Å². The van der Waals surface area contributed by atoms with E-state index in [1.165, 1.54) is 17.4 Å². The number of hydrogen-bond acceptors (Lipinski definition) is 4. The van der Waals surface area contributed by atoms with E-state index in [2.05, 4.69) is 24.4 Å². The molecule has 0 heterocycles. The summed E-state index contributed by atoms with van der Waals surface area (Å²) in [6.45, 7) is 5.22. The van der Waals surface area contributed by atoms with E-state index in [9.17, 15) is 8.42 Å². The summed E-state index contributed by atoms with van der Waals surface area (Å²) in [7, 11) is -0.936. The number of benzene rings is 1. The maximum absolute atomic E-state index is 11.2. The van der Waals surface area contributed by atoms with Gasteiger partial charge in [-0.25, -0.2) is 8.42 Å². The Kier molecular flexibility index (Phi) is 6.48. The summed E-state index contributed by atoms with van der Waals surface area (Å²) >= 11 is 0. The summed E-state index contributed by atoms with van der Waals surface area (Å²) in [6, 6.07) is 8.27. The van der Waals surface area contributed by atoms with Gasteiger partial charge in [-0.05, 0) is 24.7 Å². The molecule has 0 radical (unpaired) electrons. The van der Waals surface area contributed by atoms with E-state index < -0.39 is 9.84 Å². The van der Waals surface area contributed by atoms with Crippen molar-refractivity contribution in [3.8, 4) is 0 Å². The SMILES string of the molecule is CCNCc1ccccc1CN(C)CCS(C)(=O)=O. The van der Waals surface area contributed by atoms with E-state index in [-0.39, 0.29) is 5.75 Å². The molecule has 4 nitrogen and oxygen atoms in total. The van der Waals surface area contributed by atoms with Crippen molar-refractivity contribution in [3.63, 3.8) is 0 Å².